The first kappa shape index (κ1) is 14.3. The van der Waals surface area contributed by atoms with Crippen molar-refractivity contribution in [2.75, 3.05) is 25.6 Å². The van der Waals surface area contributed by atoms with Gasteiger partial charge < -0.3 is 10.1 Å². The quantitative estimate of drug-likeness (QED) is 0.874. The Labute approximate surface area is 123 Å². The molecular weight excluding hydrogens is 292 g/mol. The van der Waals surface area contributed by atoms with Gasteiger partial charge in [-0.25, -0.2) is 18.1 Å². The van der Waals surface area contributed by atoms with Crippen molar-refractivity contribution >= 4 is 21.5 Å². The lowest BCUT2D eigenvalue weighted by molar-refractivity contribution is 0.0832. The van der Waals surface area contributed by atoms with E-state index in [0.717, 1.165) is 0 Å². The Morgan fingerprint density at radius 2 is 2.10 bits per heavy atom. The third kappa shape index (κ3) is 2.74. The molecule has 0 bridgehead atoms. The number of pyridine rings is 1. The number of nitrogens with one attached hydrogen (secondary N) is 2. The number of sulfonamides is 1. The Morgan fingerprint density at radius 1 is 1.33 bits per heavy atom. The number of fused-ring (bicyclic) bond motifs is 1. The van der Waals surface area contributed by atoms with Crippen LogP contribution in [-0.2, 0) is 14.8 Å². The number of hydrogen-bond acceptors (Lipinski definition) is 5. The van der Waals surface area contributed by atoms with Gasteiger partial charge in [0.2, 0.25) is 0 Å². The maximum atomic E-state index is 12.7. The lowest BCUT2D eigenvalue weighted by Gasteiger charge is -2.23. The summed E-state index contributed by atoms with van der Waals surface area (Å²) in [4.78, 5) is 4.30. The van der Waals surface area contributed by atoms with Crippen molar-refractivity contribution in [1.82, 2.24) is 14.1 Å². The van der Waals surface area contributed by atoms with Crippen LogP contribution in [0.25, 0.3) is 5.65 Å². The van der Waals surface area contributed by atoms with Gasteiger partial charge in [0.05, 0.1) is 0 Å². The van der Waals surface area contributed by atoms with Gasteiger partial charge in [-0.3, -0.25) is 4.40 Å². The lowest BCUT2D eigenvalue weighted by atomic mass is 10.1. The zero-order chi connectivity index (χ0) is 14.9. The normalized spacial score (nSPS) is 17.2. The number of nitrogens with zero attached hydrogens (tertiary/aromatic N) is 2. The Kier molecular flexibility index (Phi) is 3.83. The third-order valence-electron chi connectivity index (χ3n) is 3.52. The predicted molar refractivity (Wildman–Crippen MR) is 78.9 cm³/mol. The first-order chi connectivity index (χ1) is 10.1. The van der Waals surface area contributed by atoms with Crippen LogP contribution < -0.4 is 10.0 Å². The second kappa shape index (κ2) is 5.63. The van der Waals surface area contributed by atoms with Gasteiger partial charge in [-0.1, -0.05) is 6.07 Å². The van der Waals surface area contributed by atoms with Gasteiger partial charge in [-0.05, 0) is 25.0 Å². The van der Waals surface area contributed by atoms with Gasteiger partial charge in [0.25, 0.3) is 10.0 Å². The average Bonchev–Trinajstić information content (AvgIpc) is 2.87. The fourth-order valence-electron chi connectivity index (χ4n) is 2.48. The molecule has 0 amide bonds. The summed E-state index contributed by atoms with van der Waals surface area (Å²) in [7, 11) is -1.99. The second-order valence-corrected chi connectivity index (χ2v) is 6.58. The Morgan fingerprint density at radius 3 is 2.81 bits per heavy atom. The molecule has 0 radical (unpaired) electrons. The van der Waals surface area contributed by atoms with Crippen molar-refractivity contribution in [2.45, 2.75) is 23.9 Å². The van der Waals surface area contributed by atoms with Crippen molar-refractivity contribution in [1.29, 1.82) is 0 Å². The molecule has 0 unspecified atom stereocenters. The SMILES string of the molecule is CNc1nc2ccccn2c1S(=O)(=O)NC1CCOCC1. The van der Waals surface area contributed by atoms with E-state index in [2.05, 4.69) is 15.0 Å². The van der Waals surface area contributed by atoms with Crippen molar-refractivity contribution in [2.24, 2.45) is 0 Å². The van der Waals surface area contributed by atoms with Crippen LogP contribution in [0, 0.1) is 0 Å². The molecule has 114 valence electrons. The highest BCUT2D eigenvalue weighted by molar-refractivity contribution is 7.89. The highest BCUT2D eigenvalue weighted by Crippen LogP contribution is 2.23. The molecule has 3 rings (SSSR count). The predicted octanol–water partition coefficient (Wildman–Crippen LogP) is 0.833. The van der Waals surface area contributed by atoms with Gasteiger partial charge in [0.1, 0.15) is 5.65 Å². The standard InChI is InChI=1S/C13H18N4O3S/c1-14-12-13(17-7-3-2-4-11(17)15-12)21(18,19)16-10-5-8-20-9-6-10/h2-4,7,10,14,16H,5-6,8-9H2,1H3. The largest absolute Gasteiger partial charge is 0.381 e. The van der Waals surface area contributed by atoms with E-state index in [4.69, 9.17) is 4.74 Å². The molecule has 1 aliphatic rings. The number of anilines is 1. The van der Waals surface area contributed by atoms with Gasteiger partial charge >= 0.3 is 0 Å². The number of rotatable bonds is 4. The average molecular weight is 310 g/mol. The summed E-state index contributed by atoms with van der Waals surface area (Å²) in [6, 6.07) is 5.28. The monoisotopic (exact) mass is 310 g/mol. The Balaban J connectivity index is 2.01. The van der Waals surface area contributed by atoms with Crippen LogP contribution in [0.5, 0.6) is 0 Å². The summed E-state index contributed by atoms with van der Waals surface area (Å²) in [6.07, 6.45) is 3.07. The molecule has 1 aliphatic heterocycles. The molecule has 0 atom stereocenters. The topological polar surface area (TPSA) is 84.7 Å². The van der Waals surface area contributed by atoms with E-state index in [-0.39, 0.29) is 11.1 Å². The van der Waals surface area contributed by atoms with E-state index >= 15 is 0 Å². The highest BCUT2D eigenvalue weighted by atomic mass is 32.2. The highest BCUT2D eigenvalue weighted by Gasteiger charge is 2.28. The second-order valence-electron chi connectivity index (χ2n) is 4.95. The Bertz CT molecular complexity index is 735. The van der Waals surface area contributed by atoms with Crippen LogP contribution in [0.15, 0.2) is 29.4 Å². The number of imidazole rings is 1. The molecule has 1 fully saturated rings. The van der Waals surface area contributed by atoms with Gasteiger partial charge in [0, 0.05) is 32.5 Å². The van der Waals surface area contributed by atoms with Crippen molar-refractivity contribution in [3.63, 3.8) is 0 Å². The van der Waals surface area contributed by atoms with Gasteiger partial charge in [-0.15, -0.1) is 0 Å². The minimum Gasteiger partial charge on any atom is -0.381 e. The van der Waals surface area contributed by atoms with E-state index < -0.39 is 10.0 Å². The first-order valence-electron chi connectivity index (χ1n) is 6.87. The van der Waals surface area contributed by atoms with E-state index in [1.807, 2.05) is 6.07 Å². The molecule has 3 heterocycles. The summed E-state index contributed by atoms with van der Waals surface area (Å²) >= 11 is 0. The number of ether oxygens (including phenoxy) is 1. The van der Waals surface area contributed by atoms with Gasteiger partial charge in [0.15, 0.2) is 10.8 Å². The van der Waals surface area contributed by atoms with E-state index in [0.29, 0.717) is 37.5 Å². The maximum absolute atomic E-state index is 12.7. The van der Waals surface area contributed by atoms with Crippen LogP contribution in [-0.4, -0.2) is 44.1 Å². The molecule has 7 nitrogen and oxygen atoms in total. The molecule has 1 saturated heterocycles. The van der Waals surface area contributed by atoms with Gasteiger partial charge in [-0.2, -0.15) is 0 Å². The van der Waals surface area contributed by atoms with Crippen molar-refractivity contribution in [3.8, 4) is 0 Å². The number of aromatic nitrogens is 2. The zero-order valence-electron chi connectivity index (χ0n) is 11.7. The summed E-state index contributed by atoms with van der Waals surface area (Å²) in [5, 5.41) is 3.00. The maximum Gasteiger partial charge on any atom is 0.260 e. The molecule has 2 aromatic heterocycles. The van der Waals surface area contributed by atoms with Crippen LogP contribution in [0.1, 0.15) is 12.8 Å². The molecule has 0 aromatic carbocycles. The van der Waals surface area contributed by atoms with Crippen LogP contribution >= 0.6 is 0 Å². The fourth-order valence-corrected chi connectivity index (χ4v) is 4.09. The summed E-state index contributed by atoms with van der Waals surface area (Å²) in [5.74, 6) is 0.348. The van der Waals surface area contributed by atoms with E-state index in [1.54, 1.807) is 29.8 Å². The van der Waals surface area contributed by atoms with Crippen molar-refractivity contribution < 1.29 is 13.2 Å². The van der Waals surface area contributed by atoms with Crippen molar-refractivity contribution in [3.05, 3.63) is 24.4 Å². The molecule has 0 spiro atoms. The summed E-state index contributed by atoms with van der Waals surface area (Å²) in [6.45, 7) is 1.17. The van der Waals surface area contributed by atoms with Crippen LogP contribution in [0.2, 0.25) is 0 Å². The molecule has 8 heteroatoms. The van der Waals surface area contributed by atoms with E-state index in [1.165, 1.54) is 0 Å². The molecule has 2 aromatic rings. The summed E-state index contributed by atoms with van der Waals surface area (Å²) in [5.41, 5.74) is 0.592. The smallest absolute Gasteiger partial charge is 0.260 e. The minimum absolute atomic E-state index is 0.0947. The van der Waals surface area contributed by atoms with Crippen LogP contribution in [0.4, 0.5) is 5.82 Å². The fraction of sp³-hybridized carbons (Fsp3) is 0.462. The molecule has 0 saturated carbocycles. The summed E-state index contributed by atoms with van der Waals surface area (Å²) < 4.78 is 35.0. The van der Waals surface area contributed by atoms with Crippen LogP contribution in [0.3, 0.4) is 0 Å². The minimum atomic E-state index is -3.65. The molecular formula is C13H18N4O3S. The number of hydrogen-bond donors (Lipinski definition) is 2. The zero-order valence-corrected chi connectivity index (χ0v) is 12.6. The third-order valence-corrected chi connectivity index (χ3v) is 5.06. The van der Waals surface area contributed by atoms with E-state index in [9.17, 15) is 8.42 Å². The Hall–Kier alpha value is -1.64. The lowest BCUT2D eigenvalue weighted by Crippen LogP contribution is -2.39. The molecule has 0 aliphatic carbocycles. The first-order valence-corrected chi connectivity index (χ1v) is 8.35. The molecule has 2 N–H and O–H groups in total. The molecule has 21 heavy (non-hydrogen) atoms.